The Hall–Kier alpha value is -1.20. The molecule has 0 amide bonds. The molecule has 2 aliphatic heterocycles. The van der Waals surface area contributed by atoms with E-state index in [0.717, 1.165) is 57.1 Å². The van der Waals surface area contributed by atoms with Gasteiger partial charge < -0.3 is 15.5 Å². The van der Waals surface area contributed by atoms with Crippen LogP contribution in [-0.2, 0) is 13.0 Å². The van der Waals surface area contributed by atoms with Crippen LogP contribution in [0.2, 0.25) is 0 Å². The molecule has 0 saturated carbocycles. The van der Waals surface area contributed by atoms with Crippen molar-refractivity contribution in [2.24, 2.45) is 5.73 Å². The second-order valence-electron chi connectivity index (χ2n) is 5.85. The fraction of sp³-hybridized carbons (Fsp3) is 0.714. The third-order valence-corrected chi connectivity index (χ3v) is 4.27. The van der Waals surface area contributed by atoms with Crippen molar-refractivity contribution >= 4 is 5.95 Å². The molecule has 1 fully saturated rings. The van der Waals surface area contributed by atoms with Gasteiger partial charge in [-0.3, -0.25) is 0 Å². The van der Waals surface area contributed by atoms with Crippen LogP contribution in [0.3, 0.4) is 0 Å². The molecule has 0 aliphatic carbocycles. The number of rotatable bonds is 1. The van der Waals surface area contributed by atoms with Gasteiger partial charge in [-0.1, -0.05) is 0 Å². The molecule has 0 atom stereocenters. The third-order valence-electron chi connectivity index (χ3n) is 4.27. The number of nitrogens with zero attached hydrogens (tertiary/aromatic N) is 4. The smallest absolute Gasteiger partial charge is 0.225 e. The highest BCUT2D eigenvalue weighted by molar-refractivity contribution is 5.38. The largest absolute Gasteiger partial charge is 0.341 e. The predicted octanol–water partition coefficient (Wildman–Crippen LogP) is 0.700. The van der Waals surface area contributed by atoms with Crippen LogP contribution >= 0.6 is 0 Å². The quantitative estimate of drug-likeness (QED) is 0.806. The van der Waals surface area contributed by atoms with Crippen molar-refractivity contribution in [2.75, 3.05) is 31.6 Å². The molecular weight excluding hydrogens is 238 g/mol. The molecule has 1 saturated heterocycles. The Kier molecular flexibility index (Phi) is 3.41. The van der Waals surface area contributed by atoms with Crippen LogP contribution in [0.15, 0.2) is 0 Å². The fourth-order valence-electron chi connectivity index (χ4n) is 2.94. The first-order valence-corrected chi connectivity index (χ1v) is 7.19. The van der Waals surface area contributed by atoms with Crippen molar-refractivity contribution < 1.29 is 0 Å². The Labute approximate surface area is 114 Å². The zero-order valence-corrected chi connectivity index (χ0v) is 11.9. The van der Waals surface area contributed by atoms with Crippen LogP contribution in [0, 0.1) is 6.92 Å². The fourth-order valence-corrected chi connectivity index (χ4v) is 2.94. The Bertz CT molecular complexity index is 465. The molecule has 0 unspecified atom stereocenters. The van der Waals surface area contributed by atoms with E-state index in [1.807, 2.05) is 0 Å². The van der Waals surface area contributed by atoms with Crippen LogP contribution in [0.5, 0.6) is 0 Å². The summed E-state index contributed by atoms with van der Waals surface area (Å²) in [5.41, 5.74) is 9.67. The lowest BCUT2D eigenvalue weighted by Gasteiger charge is -2.32. The predicted molar refractivity (Wildman–Crippen MR) is 76.2 cm³/mol. The van der Waals surface area contributed by atoms with Crippen LogP contribution < -0.4 is 10.6 Å². The monoisotopic (exact) mass is 261 g/mol. The summed E-state index contributed by atoms with van der Waals surface area (Å²) >= 11 is 0. The summed E-state index contributed by atoms with van der Waals surface area (Å²) in [6, 6.07) is 0.351. The molecule has 2 N–H and O–H groups in total. The number of fused-ring (bicyclic) bond motifs is 1. The first-order valence-electron chi connectivity index (χ1n) is 7.19. The van der Waals surface area contributed by atoms with Gasteiger partial charge in [0.25, 0.3) is 0 Å². The zero-order chi connectivity index (χ0) is 13.4. The lowest BCUT2D eigenvalue weighted by atomic mass is 10.0. The van der Waals surface area contributed by atoms with Crippen molar-refractivity contribution in [3.05, 3.63) is 17.0 Å². The van der Waals surface area contributed by atoms with E-state index in [4.69, 9.17) is 15.7 Å². The van der Waals surface area contributed by atoms with Crippen LogP contribution in [0.25, 0.3) is 0 Å². The highest BCUT2D eigenvalue weighted by Crippen LogP contribution is 2.23. The molecule has 2 aliphatic rings. The minimum absolute atomic E-state index is 0.351. The van der Waals surface area contributed by atoms with Crippen molar-refractivity contribution in [3.63, 3.8) is 0 Å². The molecule has 1 aromatic heterocycles. The number of nitrogens with two attached hydrogens (primary N) is 1. The van der Waals surface area contributed by atoms with Gasteiger partial charge in [-0.15, -0.1) is 0 Å². The SMILES string of the molecule is Cc1nc(N2CCC(N)CC2)nc2c1CN(C)CC2. The number of aryl methyl sites for hydroxylation is 1. The van der Waals surface area contributed by atoms with E-state index in [0.29, 0.717) is 6.04 Å². The van der Waals surface area contributed by atoms with E-state index >= 15 is 0 Å². The maximum atomic E-state index is 5.96. The molecule has 19 heavy (non-hydrogen) atoms. The second kappa shape index (κ2) is 5.06. The van der Waals surface area contributed by atoms with Crippen LogP contribution in [0.1, 0.15) is 29.8 Å². The Morgan fingerprint density at radius 3 is 2.63 bits per heavy atom. The average Bonchev–Trinajstić information content (AvgIpc) is 2.40. The van der Waals surface area contributed by atoms with Gasteiger partial charge in [-0.05, 0) is 26.8 Å². The van der Waals surface area contributed by atoms with E-state index in [9.17, 15) is 0 Å². The number of piperidine rings is 1. The standard InChI is InChI=1S/C14H23N5/c1-10-12-9-18(2)6-5-13(12)17-14(16-10)19-7-3-11(15)4-8-19/h11H,3-9,15H2,1-2H3. The molecule has 0 spiro atoms. The summed E-state index contributed by atoms with van der Waals surface area (Å²) in [4.78, 5) is 14.1. The topological polar surface area (TPSA) is 58.3 Å². The van der Waals surface area contributed by atoms with Crippen molar-refractivity contribution in [1.29, 1.82) is 0 Å². The Morgan fingerprint density at radius 1 is 1.16 bits per heavy atom. The molecule has 104 valence electrons. The van der Waals surface area contributed by atoms with Gasteiger partial charge in [-0.2, -0.15) is 0 Å². The number of likely N-dealkylation sites (N-methyl/N-ethyl adjacent to an activating group) is 1. The maximum Gasteiger partial charge on any atom is 0.225 e. The molecule has 3 heterocycles. The number of hydrogen-bond acceptors (Lipinski definition) is 5. The van der Waals surface area contributed by atoms with Gasteiger partial charge in [0.15, 0.2) is 0 Å². The first-order chi connectivity index (χ1) is 9.13. The summed E-state index contributed by atoms with van der Waals surface area (Å²) in [6.07, 6.45) is 3.13. The van der Waals surface area contributed by atoms with E-state index in [1.54, 1.807) is 0 Å². The summed E-state index contributed by atoms with van der Waals surface area (Å²) in [5, 5.41) is 0. The van der Waals surface area contributed by atoms with E-state index < -0.39 is 0 Å². The normalized spacial score (nSPS) is 21.5. The average molecular weight is 261 g/mol. The molecule has 1 aromatic rings. The van der Waals surface area contributed by atoms with Gasteiger partial charge in [0.05, 0.1) is 5.69 Å². The van der Waals surface area contributed by atoms with E-state index in [1.165, 1.54) is 11.3 Å². The minimum Gasteiger partial charge on any atom is -0.341 e. The van der Waals surface area contributed by atoms with Crippen molar-refractivity contribution in [3.8, 4) is 0 Å². The lowest BCUT2D eigenvalue weighted by Crippen LogP contribution is -2.41. The maximum absolute atomic E-state index is 5.96. The molecule has 5 heteroatoms. The second-order valence-corrected chi connectivity index (χ2v) is 5.85. The zero-order valence-electron chi connectivity index (χ0n) is 11.9. The molecule has 0 bridgehead atoms. The third kappa shape index (κ3) is 2.58. The molecule has 5 nitrogen and oxygen atoms in total. The molecular formula is C14H23N5. The Balaban J connectivity index is 1.86. The van der Waals surface area contributed by atoms with Crippen LogP contribution in [-0.4, -0.2) is 47.6 Å². The summed E-state index contributed by atoms with van der Waals surface area (Å²) < 4.78 is 0. The van der Waals surface area contributed by atoms with Crippen molar-refractivity contribution in [2.45, 2.75) is 38.8 Å². The van der Waals surface area contributed by atoms with Gasteiger partial charge in [0.1, 0.15) is 0 Å². The lowest BCUT2D eigenvalue weighted by molar-refractivity contribution is 0.308. The first kappa shape index (κ1) is 12.8. The molecule has 3 rings (SSSR count). The van der Waals surface area contributed by atoms with E-state index in [-0.39, 0.29) is 0 Å². The minimum atomic E-state index is 0.351. The number of aromatic nitrogens is 2. The molecule has 0 aromatic carbocycles. The summed E-state index contributed by atoms with van der Waals surface area (Å²) in [5.74, 6) is 0.910. The highest BCUT2D eigenvalue weighted by atomic mass is 15.3. The number of anilines is 1. The van der Waals surface area contributed by atoms with Gasteiger partial charge >= 0.3 is 0 Å². The number of hydrogen-bond donors (Lipinski definition) is 1. The molecule has 0 radical (unpaired) electrons. The van der Waals surface area contributed by atoms with Gasteiger partial charge in [-0.25, -0.2) is 9.97 Å². The van der Waals surface area contributed by atoms with Gasteiger partial charge in [0.2, 0.25) is 5.95 Å². The van der Waals surface area contributed by atoms with Gasteiger partial charge in [0, 0.05) is 49.9 Å². The summed E-state index contributed by atoms with van der Waals surface area (Å²) in [6.45, 7) is 6.15. The van der Waals surface area contributed by atoms with E-state index in [2.05, 4.69) is 23.8 Å². The summed E-state index contributed by atoms with van der Waals surface area (Å²) in [7, 11) is 2.16. The van der Waals surface area contributed by atoms with Crippen LogP contribution in [0.4, 0.5) is 5.95 Å². The Morgan fingerprint density at radius 2 is 1.89 bits per heavy atom. The van der Waals surface area contributed by atoms with Crippen molar-refractivity contribution in [1.82, 2.24) is 14.9 Å². The highest BCUT2D eigenvalue weighted by Gasteiger charge is 2.22.